The SMILES string of the molecule is Cc1[nH]nc(NS(=O)(=O)c2ccc(N)cc2)c1C. The molecular weight excluding hydrogens is 252 g/mol. The van der Waals surface area contributed by atoms with Gasteiger partial charge in [-0.2, -0.15) is 5.10 Å². The highest BCUT2D eigenvalue weighted by Crippen LogP contribution is 2.19. The van der Waals surface area contributed by atoms with E-state index in [0.29, 0.717) is 11.5 Å². The molecule has 2 rings (SSSR count). The average molecular weight is 266 g/mol. The quantitative estimate of drug-likeness (QED) is 0.731. The van der Waals surface area contributed by atoms with Crippen molar-refractivity contribution in [3.8, 4) is 0 Å². The third kappa shape index (κ3) is 2.30. The number of nitrogens with one attached hydrogen (secondary N) is 2. The highest BCUT2D eigenvalue weighted by Gasteiger charge is 2.17. The Bertz CT molecular complexity index is 659. The number of anilines is 2. The highest BCUT2D eigenvalue weighted by molar-refractivity contribution is 7.92. The molecule has 7 heteroatoms. The smallest absolute Gasteiger partial charge is 0.263 e. The molecule has 4 N–H and O–H groups in total. The molecule has 1 aromatic heterocycles. The summed E-state index contributed by atoms with van der Waals surface area (Å²) in [6.45, 7) is 3.61. The molecule has 0 bridgehead atoms. The number of sulfonamides is 1. The van der Waals surface area contributed by atoms with E-state index in [1.54, 1.807) is 6.92 Å². The van der Waals surface area contributed by atoms with Gasteiger partial charge in [0.15, 0.2) is 5.82 Å². The van der Waals surface area contributed by atoms with Crippen LogP contribution in [0.3, 0.4) is 0 Å². The molecule has 2 aromatic rings. The van der Waals surface area contributed by atoms with Gasteiger partial charge in [-0.15, -0.1) is 0 Å². The van der Waals surface area contributed by atoms with Crippen LogP contribution in [0.15, 0.2) is 29.2 Å². The predicted octanol–water partition coefficient (Wildman–Crippen LogP) is 1.41. The van der Waals surface area contributed by atoms with Crippen molar-refractivity contribution in [2.24, 2.45) is 0 Å². The maximum Gasteiger partial charge on any atom is 0.263 e. The molecular formula is C11H14N4O2S. The third-order valence-electron chi connectivity index (χ3n) is 2.67. The summed E-state index contributed by atoms with van der Waals surface area (Å²) in [5.74, 6) is 0.310. The van der Waals surface area contributed by atoms with Gasteiger partial charge in [0.05, 0.1) is 4.90 Å². The molecule has 0 spiro atoms. The van der Waals surface area contributed by atoms with Gasteiger partial charge in [0.1, 0.15) is 0 Å². The van der Waals surface area contributed by atoms with Gasteiger partial charge in [0.25, 0.3) is 10.0 Å². The Morgan fingerprint density at radius 2 is 1.83 bits per heavy atom. The molecule has 0 radical (unpaired) electrons. The van der Waals surface area contributed by atoms with Crippen molar-refractivity contribution >= 4 is 21.5 Å². The summed E-state index contributed by atoms with van der Waals surface area (Å²) in [5, 5.41) is 6.63. The number of hydrogen-bond donors (Lipinski definition) is 3. The first kappa shape index (κ1) is 12.4. The largest absolute Gasteiger partial charge is 0.399 e. The minimum atomic E-state index is -3.63. The van der Waals surface area contributed by atoms with Crippen LogP contribution in [0.5, 0.6) is 0 Å². The minimum Gasteiger partial charge on any atom is -0.399 e. The number of aryl methyl sites for hydroxylation is 1. The normalized spacial score (nSPS) is 11.4. The molecule has 0 unspecified atom stereocenters. The standard InChI is InChI=1S/C11H14N4O2S/c1-7-8(2)13-14-11(7)15-18(16,17)10-5-3-9(12)4-6-10/h3-6H,12H2,1-2H3,(H2,13,14,15). The topological polar surface area (TPSA) is 101 Å². The molecule has 0 saturated carbocycles. The fourth-order valence-corrected chi connectivity index (χ4v) is 2.48. The summed E-state index contributed by atoms with van der Waals surface area (Å²) in [6, 6.07) is 5.98. The summed E-state index contributed by atoms with van der Waals surface area (Å²) in [6.07, 6.45) is 0. The van der Waals surface area contributed by atoms with E-state index >= 15 is 0 Å². The van der Waals surface area contributed by atoms with Gasteiger partial charge in [0.2, 0.25) is 0 Å². The number of aromatic nitrogens is 2. The van der Waals surface area contributed by atoms with Crippen LogP contribution in [0.25, 0.3) is 0 Å². The van der Waals surface area contributed by atoms with Crippen LogP contribution in [0.4, 0.5) is 11.5 Å². The van der Waals surface area contributed by atoms with E-state index in [0.717, 1.165) is 11.3 Å². The summed E-state index contributed by atoms with van der Waals surface area (Å²) in [7, 11) is -3.63. The van der Waals surface area contributed by atoms with E-state index in [-0.39, 0.29) is 4.90 Å². The number of benzene rings is 1. The summed E-state index contributed by atoms with van der Waals surface area (Å²) in [4.78, 5) is 0.150. The van der Waals surface area contributed by atoms with Crippen molar-refractivity contribution in [2.45, 2.75) is 18.7 Å². The predicted molar refractivity (Wildman–Crippen MR) is 69.7 cm³/mol. The molecule has 96 valence electrons. The van der Waals surface area contributed by atoms with Crippen LogP contribution < -0.4 is 10.5 Å². The molecule has 0 saturated heterocycles. The van der Waals surface area contributed by atoms with Crippen molar-refractivity contribution in [2.75, 3.05) is 10.5 Å². The lowest BCUT2D eigenvalue weighted by atomic mass is 10.3. The summed E-state index contributed by atoms with van der Waals surface area (Å²) >= 11 is 0. The van der Waals surface area contributed by atoms with E-state index in [9.17, 15) is 8.42 Å². The van der Waals surface area contributed by atoms with Crippen molar-refractivity contribution < 1.29 is 8.42 Å². The first-order valence-corrected chi connectivity index (χ1v) is 6.78. The second kappa shape index (κ2) is 4.34. The van der Waals surface area contributed by atoms with Crippen molar-refractivity contribution in [1.29, 1.82) is 0 Å². The maximum absolute atomic E-state index is 12.1. The van der Waals surface area contributed by atoms with E-state index in [2.05, 4.69) is 14.9 Å². The Labute approximate surface area is 105 Å². The molecule has 1 heterocycles. The fraction of sp³-hybridized carbons (Fsp3) is 0.182. The third-order valence-corrected chi connectivity index (χ3v) is 4.03. The minimum absolute atomic E-state index is 0.150. The zero-order valence-electron chi connectivity index (χ0n) is 10.1. The second-order valence-electron chi connectivity index (χ2n) is 4.00. The van der Waals surface area contributed by atoms with Crippen LogP contribution in [-0.4, -0.2) is 18.6 Å². The lowest BCUT2D eigenvalue weighted by molar-refractivity contribution is 0.601. The molecule has 1 aromatic carbocycles. The number of aromatic amines is 1. The number of nitrogen functional groups attached to an aromatic ring is 1. The molecule has 0 fully saturated rings. The van der Waals surface area contributed by atoms with Crippen molar-refractivity contribution in [3.05, 3.63) is 35.5 Å². The molecule has 6 nitrogen and oxygen atoms in total. The Balaban J connectivity index is 2.33. The van der Waals surface area contributed by atoms with Gasteiger partial charge in [-0.3, -0.25) is 9.82 Å². The second-order valence-corrected chi connectivity index (χ2v) is 5.68. The first-order chi connectivity index (χ1) is 8.40. The van der Waals surface area contributed by atoms with E-state index in [4.69, 9.17) is 5.73 Å². The van der Waals surface area contributed by atoms with Gasteiger partial charge < -0.3 is 5.73 Å². The monoisotopic (exact) mass is 266 g/mol. The Hall–Kier alpha value is -2.02. The number of nitrogens with zero attached hydrogens (tertiary/aromatic N) is 1. The molecule has 0 aliphatic carbocycles. The van der Waals surface area contributed by atoms with Crippen LogP contribution in [0, 0.1) is 13.8 Å². The average Bonchev–Trinajstić information content (AvgIpc) is 2.61. The van der Waals surface area contributed by atoms with Gasteiger partial charge in [-0.25, -0.2) is 8.42 Å². The Kier molecular flexibility index (Phi) is 3.00. The van der Waals surface area contributed by atoms with Gasteiger partial charge in [0, 0.05) is 16.9 Å². The van der Waals surface area contributed by atoms with Crippen LogP contribution in [-0.2, 0) is 10.0 Å². The maximum atomic E-state index is 12.1. The number of nitrogens with two attached hydrogens (primary N) is 1. The molecule has 0 atom stereocenters. The van der Waals surface area contributed by atoms with Gasteiger partial charge >= 0.3 is 0 Å². The number of hydrogen-bond acceptors (Lipinski definition) is 4. The van der Waals surface area contributed by atoms with E-state index < -0.39 is 10.0 Å². The molecule has 0 amide bonds. The van der Waals surface area contributed by atoms with Crippen molar-refractivity contribution in [1.82, 2.24) is 10.2 Å². The zero-order valence-corrected chi connectivity index (χ0v) is 10.9. The highest BCUT2D eigenvalue weighted by atomic mass is 32.2. The summed E-state index contributed by atoms with van der Waals surface area (Å²) < 4.78 is 26.6. The lowest BCUT2D eigenvalue weighted by Crippen LogP contribution is -2.14. The Morgan fingerprint density at radius 3 is 2.33 bits per heavy atom. The van der Waals surface area contributed by atoms with Crippen LogP contribution in [0.2, 0.25) is 0 Å². The molecule has 18 heavy (non-hydrogen) atoms. The molecule has 0 aliphatic rings. The Morgan fingerprint density at radius 1 is 1.22 bits per heavy atom. The van der Waals surface area contributed by atoms with Crippen molar-refractivity contribution in [3.63, 3.8) is 0 Å². The number of H-pyrrole nitrogens is 1. The summed E-state index contributed by atoms with van der Waals surface area (Å²) in [5.41, 5.74) is 7.63. The van der Waals surface area contributed by atoms with Crippen LogP contribution in [0.1, 0.15) is 11.3 Å². The van der Waals surface area contributed by atoms with Crippen LogP contribution >= 0.6 is 0 Å². The zero-order chi connectivity index (χ0) is 13.3. The van der Waals surface area contributed by atoms with Gasteiger partial charge in [-0.1, -0.05) is 0 Å². The number of rotatable bonds is 3. The molecule has 0 aliphatic heterocycles. The first-order valence-electron chi connectivity index (χ1n) is 5.30. The van der Waals surface area contributed by atoms with E-state index in [1.807, 2.05) is 6.92 Å². The van der Waals surface area contributed by atoms with E-state index in [1.165, 1.54) is 24.3 Å². The van der Waals surface area contributed by atoms with Gasteiger partial charge in [-0.05, 0) is 38.1 Å². The lowest BCUT2D eigenvalue weighted by Gasteiger charge is -2.06. The fourth-order valence-electron chi connectivity index (χ4n) is 1.42.